The summed E-state index contributed by atoms with van der Waals surface area (Å²) in [6.07, 6.45) is 5.89. The van der Waals surface area contributed by atoms with E-state index in [0.717, 1.165) is 30.0 Å². The van der Waals surface area contributed by atoms with Crippen LogP contribution in [0.5, 0.6) is 0 Å². The van der Waals surface area contributed by atoms with E-state index in [0.29, 0.717) is 6.04 Å². The van der Waals surface area contributed by atoms with Gasteiger partial charge in [0.05, 0.1) is 0 Å². The van der Waals surface area contributed by atoms with Crippen molar-refractivity contribution in [3.05, 3.63) is 29.8 Å². The van der Waals surface area contributed by atoms with Gasteiger partial charge in [-0.15, -0.1) is 0 Å². The smallest absolute Gasteiger partial charge is 0.0359 e. The van der Waals surface area contributed by atoms with Crippen molar-refractivity contribution in [2.45, 2.75) is 45.2 Å². The van der Waals surface area contributed by atoms with Crippen LogP contribution < -0.4 is 11.1 Å². The van der Waals surface area contributed by atoms with E-state index in [9.17, 15) is 0 Å². The van der Waals surface area contributed by atoms with Crippen LogP contribution in [0.2, 0.25) is 0 Å². The molecule has 2 bridgehead atoms. The minimum absolute atomic E-state index is 0.625. The van der Waals surface area contributed by atoms with Crippen molar-refractivity contribution in [1.29, 1.82) is 0 Å². The zero-order chi connectivity index (χ0) is 12.5. The number of hydrogen-bond acceptors (Lipinski definition) is 2. The summed E-state index contributed by atoms with van der Waals surface area (Å²) in [7, 11) is 0. The topological polar surface area (TPSA) is 38.0 Å². The molecule has 4 unspecified atom stereocenters. The second-order valence-electron chi connectivity index (χ2n) is 6.21. The maximum absolute atomic E-state index is 5.98. The van der Waals surface area contributed by atoms with Crippen LogP contribution in [0.1, 0.15) is 38.2 Å². The molecule has 18 heavy (non-hydrogen) atoms. The summed E-state index contributed by atoms with van der Waals surface area (Å²) in [5.41, 5.74) is 8.12. The van der Waals surface area contributed by atoms with Gasteiger partial charge in [-0.05, 0) is 55.6 Å². The van der Waals surface area contributed by atoms with Gasteiger partial charge in [0.25, 0.3) is 0 Å². The third kappa shape index (κ3) is 2.26. The predicted octanol–water partition coefficient (Wildman–Crippen LogP) is 3.18. The molecule has 3 rings (SSSR count). The van der Waals surface area contributed by atoms with E-state index in [1.54, 1.807) is 0 Å². The molecule has 2 heteroatoms. The average molecular weight is 244 g/mol. The van der Waals surface area contributed by atoms with Crippen molar-refractivity contribution in [3.8, 4) is 0 Å². The first kappa shape index (κ1) is 12.0. The minimum Gasteiger partial charge on any atom is -0.398 e. The molecule has 1 aromatic rings. The lowest BCUT2D eigenvalue weighted by Gasteiger charge is -2.28. The van der Waals surface area contributed by atoms with Crippen LogP contribution in [0.15, 0.2) is 24.3 Å². The molecule has 0 amide bonds. The highest BCUT2D eigenvalue weighted by molar-refractivity contribution is 5.46. The first-order chi connectivity index (χ1) is 8.74. The van der Waals surface area contributed by atoms with Crippen LogP contribution in [-0.4, -0.2) is 6.04 Å². The molecule has 0 aromatic heterocycles. The number of hydrogen-bond donors (Lipinski definition) is 2. The highest BCUT2D eigenvalue weighted by atomic mass is 14.9. The molecular weight excluding hydrogens is 220 g/mol. The van der Waals surface area contributed by atoms with Crippen LogP contribution in [0.3, 0.4) is 0 Å². The Labute approximate surface area is 110 Å². The standard InChI is InChI=1S/C16H24N2/c1-11(15-9-12-6-7-13(15)8-12)18-10-14-4-2-3-5-16(14)17/h2-5,11-13,15,18H,6-10,17H2,1H3. The maximum atomic E-state index is 5.98. The second kappa shape index (κ2) is 4.93. The summed E-state index contributed by atoms with van der Waals surface area (Å²) < 4.78 is 0. The van der Waals surface area contributed by atoms with Gasteiger partial charge < -0.3 is 11.1 Å². The summed E-state index contributed by atoms with van der Waals surface area (Å²) in [4.78, 5) is 0. The van der Waals surface area contributed by atoms with Crippen LogP contribution in [0, 0.1) is 17.8 Å². The van der Waals surface area contributed by atoms with Crippen molar-refractivity contribution in [1.82, 2.24) is 5.32 Å². The molecule has 4 atom stereocenters. The molecule has 2 aliphatic rings. The fourth-order valence-electron chi connectivity index (χ4n) is 4.02. The number of nitrogen functional groups attached to an aromatic ring is 1. The lowest BCUT2D eigenvalue weighted by molar-refractivity contribution is 0.259. The molecule has 0 heterocycles. The average Bonchev–Trinajstić information content (AvgIpc) is 2.99. The summed E-state index contributed by atoms with van der Waals surface area (Å²) in [6, 6.07) is 8.79. The first-order valence-corrected chi connectivity index (χ1v) is 7.31. The van der Waals surface area contributed by atoms with Crippen molar-refractivity contribution in [3.63, 3.8) is 0 Å². The lowest BCUT2D eigenvalue weighted by atomic mass is 9.84. The van der Waals surface area contributed by atoms with Crippen molar-refractivity contribution in [2.75, 3.05) is 5.73 Å². The predicted molar refractivity (Wildman–Crippen MR) is 76.1 cm³/mol. The zero-order valence-electron chi connectivity index (χ0n) is 11.2. The van der Waals surface area contributed by atoms with E-state index >= 15 is 0 Å². The second-order valence-corrected chi connectivity index (χ2v) is 6.21. The van der Waals surface area contributed by atoms with Crippen LogP contribution in [0.4, 0.5) is 5.69 Å². The molecule has 98 valence electrons. The Bertz CT molecular complexity index is 415. The highest BCUT2D eigenvalue weighted by Gasteiger charge is 2.41. The molecule has 2 aliphatic carbocycles. The van der Waals surface area contributed by atoms with Crippen LogP contribution in [0.25, 0.3) is 0 Å². The normalized spacial score (nSPS) is 31.7. The third-order valence-electron chi connectivity index (χ3n) is 5.10. The number of benzene rings is 1. The molecule has 2 saturated carbocycles. The van der Waals surface area contributed by atoms with Gasteiger partial charge in [-0.2, -0.15) is 0 Å². The van der Waals surface area contributed by atoms with E-state index in [1.807, 2.05) is 12.1 Å². The van der Waals surface area contributed by atoms with Crippen molar-refractivity contribution in [2.24, 2.45) is 17.8 Å². The van der Waals surface area contributed by atoms with Gasteiger partial charge >= 0.3 is 0 Å². The summed E-state index contributed by atoms with van der Waals surface area (Å²) >= 11 is 0. The monoisotopic (exact) mass is 244 g/mol. The Hall–Kier alpha value is -1.02. The summed E-state index contributed by atoms with van der Waals surface area (Å²) in [6.45, 7) is 3.26. The van der Waals surface area contributed by atoms with E-state index in [4.69, 9.17) is 5.73 Å². The van der Waals surface area contributed by atoms with Gasteiger partial charge in [-0.3, -0.25) is 0 Å². The van der Waals surface area contributed by atoms with Crippen LogP contribution >= 0.6 is 0 Å². The van der Waals surface area contributed by atoms with E-state index < -0.39 is 0 Å². The number of para-hydroxylation sites is 1. The lowest BCUT2D eigenvalue weighted by Crippen LogP contribution is -2.36. The number of nitrogens with two attached hydrogens (primary N) is 1. The molecule has 0 aliphatic heterocycles. The largest absolute Gasteiger partial charge is 0.398 e. The highest BCUT2D eigenvalue weighted by Crippen LogP contribution is 2.49. The molecule has 3 N–H and O–H groups in total. The Morgan fingerprint density at radius 2 is 2.11 bits per heavy atom. The van der Waals surface area contributed by atoms with Gasteiger partial charge in [0.1, 0.15) is 0 Å². The zero-order valence-corrected chi connectivity index (χ0v) is 11.2. The van der Waals surface area contributed by atoms with Gasteiger partial charge in [0.2, 0.25) is 0 Å². The van der Waals surface area contributed by atoms with Gasteiger partial charge in [-0.1, -0.05) is 24.6 Å². The maximum Gasteiger partial charge on any atom is 0.0359 e. The van der Waals surface area contributed by atoms with Crippen LogP contribution in [-0.2, 0) is 6.54 Å². The molecule has 0 spiro atoms. The van der Waals surface area contributed by atoms with Crippen molar-refractivity contribution < 1.29 is 0 Å². The number of nitrogens with one attached hydrogen (secondary N) is 1. The van der Waals surface area contributed by atoms with Gasteiger partial charge in [-0.25, -0.2) is 0 Å². The fourth-order valence-corrected chi connectivity index (χ4v) is 4.02. The van der Waals surface area contributed by atoms with E-state index in [1.165, 1.54) is 31.2 Å². The van der Waals surface area contributed by atoms with E-state index in [2.05, 4.69) is 24.4 Å². The SMILES string of the molecule is CC(NCc1ccccc1N)C1CC2CCC1C2. The number of rotatable bonds is 4. The van der Waals surface area contributed by atoms with Gasteiger partial charge in [0, 0.05) is 18.3 Å². The molecule has 0 saturated heterocycles. The number of fused-ring (bicyclic) bond motifs is 2. The molecular formula is C16H24N2. The Kier molecular flexibility index (Phi) is 3.29. The molecule has 2 fully saturated rings. The molecule has 2 nitrogen and oxygen atoms in total. The first-order valence-electron chi connectivity index (χ1n) is 7.31. The third-order valence-corrected chi connectivity index (χ3v) is 5.10. The Morgan fingerprint density at radius 1 is 1.28 bits per heavy atom. The van der Waals surface area contributed by atoms with E-state index in [-0.39, 0.29) is 0 Å². The summed E-state index contributed by atoms with van der Waals surface area (Å²) in [5, 5.41) is 3.69. The minimum atomic E-state index is 0.625. The quantitative estimate of drug-likeness (QED) is 0.798. The summed E-state index contributed by atoms with van der Waals surface area (Å²) in [5.74, 6) is 2.92. The fraction of sp³-hybridized carbons (Fsp3) is 0.625. The van der Waals surface area contributed by atoms with Gasteiger partial charge in [0.15, 0.2) is 0 Å². The Balaban J connectivity index is 1.56. The molecule has 0 radical (unpaired) electrons. The molecule has 1 aromatic carbocycles. The Morgan fingerprint density at radius 3 is 2.78 bits per heavy atom. The van der Waals surface area contributed by atoms with Crippen molar-refractivity contribution >= 4 is 5.69 Å². The number of anilines is 1.